The zero-order chi connectivity index (χ0) is 12.1. The normalized spacial score (nSPS) is 11.4. The van der Waals surface area contributed by atoms with Crippen LogP contribution in [-0.4, -0.2) is 17.0 Å². The molecule has 16 heavy (non-hydrogen) atoms. The average molecular weight is 217 g/mol. The zero-order valence-corrected chi connectivity index (χ0v) is 9.45. The Labute approximate surface area is 95.3 Å². The first-order valence-corrected chi connectivity index (χ1v) is 5.14. The number of aliphatic hydroxyl groups excluding tert-OH is 1. The van der Waals surface area contributed by atoms with E-state index in [1.54, 1.807) is 18.2 Å². The van der Waals surface area contributed by atoms with Gasteiger partial charge in [-0.15, -0.1) is 0 Å². The van der Waals surface area contributed by atoms with E-state index in [0.29, 0.717) is 23.2 Å². The molecule has 0 bridgehead atoms. The van der Waals surface area contributed by atoms with Crippen molar-refractivity contribution < 1.29 is 9.90 Å². The van der Waals surface area contributed by atoms with E-state index in [4.69, 9.17) is 5.73 Å². The Balaban J connectivity index is 3.06. The van der Waals surface area contributed by atoms with Crippen molar-refractivity contribution in [1.82, 2.24) is 0 Å². The topological polar surface area (TPSA) is 63.3 Å². The van der Waals surface area contributed by atoms with Gasteiger partial charge in [0.25, 0.3) is 0 Å². The van der Waals surface area contributed by atoms with Crippen molar-refractivity contribution in [3.63, 3.8) is 0 Å². The summed E-state index contributed by atoms with van der Waals surface area (Å²) < 4.78 is 0. The summed E-state index contributed by atoms with van der Waals surface area (Å²) in [5.41, 5.74) is 7.39. The number of carbonyl (C=O) groups excluding carboxylic acids is 1. The molecule has 1 atom stereocenters. The lowest BCUT2D eigenvalue weighted by Gasteiger charge is -2.01. The van der Waals surface area contributed by atoms with Gasteiger partial charge in [0, 0.05) is 16.8 Å². The van der Waals surface area contributed by atoms with E-state index in [0.717, 1.165) is 0 Å². The van der Waals surface area contributed by atoms with Gasteiger partial charge in [-0.05, 0) is 31.5 Å². The monoisotopic (exact) mass is 217 g/mol. The predicted octanol–water partition coefficient (Wildman–Crippen LogP) is 1.59. The molecule has 0 heterocycles. The maximum atomic E-state index is 11.2. The molecular formula is C13H15NO2. The lowest BCUT2D eigenvalue weighted by atomic mass is 10.1. The molecule has 1 unspecified atom stereocenters. The van der Waals surface area contributed by atoms with E-state index in [1.807, 2.05) is 6.92 Å². The number of anilines is 1. The first kappa shape index (κ1) is 12.3. The van der Waals surface area contributed by atoms with E-state index in [2.05, 4.69) is 11.8 Å². The second-order valence-electron chi connectivity index (χ2n) is 3.55. The lowest BCUT2D eigenvalue weighted by Crippen LogP contribution is -2.00. The number of nitrogen functional groups attached to an aromatic ring is 1. The van der Waals surface area contributed by atoms with Gasteiger partial charge in [-0.1, -0.05) is 18.8 Å². The van der Waals surface area contributed by atoms with Gasteiger partial charge in [0.1, 0.15) is 6.10 Å². The van der Waals surface area contributed by atoms with Crippen LogP contribution in [0.25, 0.3) is 0 Å². The van der Waals surface area contributed by atoms with Gasteiger partial charge in [0.05, 0.1) is 0 Å². The molecule has 0 radical (unpaired) electrons. The van der Waals surface area contributed by atoms with Crippen LogP contribution < -0.4 is 5.73 Å². The Morgan fingerprint density at radius 2 is 2.25 bits per heavy atom. The third-order valence-electron chi connectivity index (χ3n) is 2.22. The van der Waals surface area contributed by atoms with E-state index in [1.165, 1.54) is 6.92 Å². The molecule has 0 aliphatic heterocycles. The van der Waals surface area contributed by atoms with E-state index >= 15 is 0 Å². The van der Waals surface area contributed by atoms with Gasteiger partial charge in [0.15, 0.2) is 5.78 Å². The molecule has 1 aromatic rings. The van der Waals surface area contributed by atoms with Crippen molar-refractivity contribution >= 4 is 11.5 Å². The zero-order valence-electron chi connectivity index (χ0n) is 9.45. The molecule has 3 heteroatoms. The Bertz CT molecular complexity index is 455. The fourth-order valence-electron chi connectivity index (χ4n) is 1.15. The standard InChI is InChI=1S/C13H15NO2/c1-3-12(16)6-4-11-8-10(9(2)15)5-7-13(11)14/h5,7-8,12,16H,3,14H2,1-2H3. The minimum absolute atomic E-state index is 0.0286. The molecule has 1 rings (SSSR count). The van der Waals surface area contributed by atoms with E-state index < -0.39 is 6.10 Å². The molecule has 3 N–H and O–H groups in total. The van der Waals surface area contributed by atoms with Crippen molar-refractivity contribution in [3.8, 4) is 11.8 Å². The fraction of sp³-hybridized carbons (Fsp3) is 0.308. The van der Waals surface area contributed by atoms with E-state index in [-0.39, 0.29) is 5.78 Å². The molecule has 0 saturated carbocycles. The number of rotatable bonds is 2. The first-order chi connectivity index (χ1) is 7.54. The van der Waals surface area contributed by atoms with Crippen molar-refractivity contribution in [2.45, 2.75) is 26.4 Å². The Kier molecular flexibility index (Phi) is 4.10. The molecular weight excluding hydrogens is 202 g/mol. The lowest BCUT2D eigenvalue weighted by molar-refractivity contribution is 0.101. The SMILES string of the molecule is CCC(O)C#Cc1cc(C(C)=O)ccc1N. The highest BCUT2D eigenvalue weighted by Gasteiger charge is 2.02. The van der Waals surface area contributed by atoms with Crippen LogP contribution in [0.3, 0.4) is 0 Å². The van der Waals surface area contributed by atoms with Gasteiger partial charge >= 0.3 is 0 Å². The van der Waals surface area contributed by atoms with Crippen molar-refractivity contribution in [3.05, 3.63) is 29.3 Å². The second kappa shape index (κ2) is 5.34. The van der Waals surface area contributed by atoms with Crippen molar-refractivity contribution in [2.24, 2.45) is 0 Å². The smallest absolute Gasteiger partial charge is 0.159 e. The molecule has 0 aliphatic carbocycles. The number of Topliss-reactive ketones (excluding diaryl/α,β-unsaturated/α-hetero) is 1. The van der Waals surface area contributed by atoms with Crippen LogP contribution in [0.2, 0.25) is 0 Å². The Hall–Kier alpha value is -1.79. The minimum Gasteiger partial charge on any atom is -0.398 e. The number of hydrogen-bond acceptors (Lipinski definition) is 3. The quantitative estimate of drug-likeness (QED) is 0.449. The summed E-state index contributed by atoms with van der Waals surface area (Å²) in [6, 6.07) is 4.96. The largest absolute Gasteiger partial charge is 0.398 e. The van der Waals surface area contributed by atoms with Crippen LogP contribution in [0, 0.1) is 11.8 Å². The third-order valence-corrected chi connectivity index (χ3v) is 2.22. The van der Waals surface area contributed by atoms with Crippen molar-refractivity contribution in [1.29, 1.82) is 0 Å². The number of carbonyl (C=O) groups is 1. The van der Waals surface area contributed by atoms with Crippen LogP contribution in [0.15, 0.2) is 18.2 Å². The number of ketones is 1. The van der Waals surface area contributed by atoms with Gasteiger partial charge in [-0.25, -0.2) is 0 Å². The Morgan fingerprint density at radius 1 is 1.56 bits per heavy atom. The van der Waals surface area contributed by atoms with Gasteiger partial charge in [-0.2, -0.15) is 0 Å². The molecule has 84 valence electrons. The summed E-state index contributed by atoms with van der Waals surface area (Å²) in [4.78, 5) is 11.2. The third kappa shape index (κ3) is 3.11. The molecule has 0 amide bonds. The molecule has 0 aliphatic rings. The molecule has 0 saturated heterocycles. The molecule has 3 nitrogen and oxygen atoms in total. The average Bonchev–Trinajstić information content (AvgIpc) is 2.27. The van der Waals surface area contributed by atoms with Crippen LogP contribution in [0.5, 0.6) is 0 Å². The summed E-state index contributed by atoms with van der Waals surface area (Å²) in [6.45, 7) is 3.33. The molecule has 0 spiro atoms. The predicted molar refractivity (Wildman–Crippen MR) is 64.0 cm³/mol. The first-order valence-electron chi connectivity index (χ1n) is 5.14. The minimum atomic E-state index is -0.652. The number of benzene rings is 1. The van der Waals surface area contributed by atoms with Crippen LogP contribution in [0.4, 0.5) is 5.69 Å². The van der Waals surface area contributed by atoms with Gasteiger partial charge in [-0.3, -0.25) is 4.79 Å². The van der Waals surface area contributed by atoms with E-state index in [9.17, 15) is 9.90 Å². The maximum absolute atomic E-state index is 11.2. The highest BCUT2D eigenvalue weighted by molar-refractivity contribution is 5.95. The molecule has 1 aromatic carbocycles. The van der Waals surface area contributed by atoms with Crippen LogP contribution in [-0.2, 0) is 0 Å². The van der Waals surface area contributed by atoms with Crippen molar-refractivity contribution in [2.75, 3.05) is 5.73 Å². The summed E-state index contributed by atoms with van der Waals surface area (Å²) in [5, 5.41) is 9.31. The Morgan fingerprint density at radius 3 is 2.81 bits per heavy atom. The summed E-state index contributed by atoms with van der Waals surface area (Å²) >= 11 is 0. The highest BCUT2D eigenvalue weighted by atomic mass is 16.3. The molecule has 0 aromatic heterocycles. The fourth-order valence-corrected chi connectivity index (χ4v) is 1.15. The van der Waals surface area contributed by atoms with Gasteiger partial charge in [0.2, 0.25) is 0 Å². The highest BCUT2D eigenvalue weighted by Crippen LogP contribution is 2.13. The summed E-state index contributed by atoms with van der Waals surface area (Å²) in [5.74, 6) is 5.42. The van der Waals surface area contributed by atoms with Crippen LogP contribution >= 0.6 is 0 Å². The van der Waals surface area contributed by atoms with Gasteiger partial charge < -0.3 is 10.8 Å². The number of nitrogens with two attached hydrogens (primary N) is 1. The maximum Gasteiger partial charge on any atom is 0.159 e. The second-order valence-corrected chi connectivity index (χ2v) is 3.55. The van der Waals surface area contributed by atoms with Crippen LogP contribution in [0.1, 0.15) is 36.2 Å². The number of aliphatic hydroxyl groups is 1. The molecule has 0 fully saturated rings. The number of hydrogen-bond donors (Lipinski definition) is 2. The summed E-state index contributed by atoms with van der Waals surface area (Å²) in [7, 11) is 0. The summed E-state index contributed by atoms with van der Waals surface area (Å²) in [6.07, 6.45) is -0.0837.